The molecule has 118 valence electrons. The Morgan fingerprint density at radius 2 is 1.70 bits per heavy atom. The van der Waals surface area contributed by atoms with Crippen molar-refractivity contribution in [2.24, 2.45) is 5.73 Å². The average Bonchev–Trinajstić information content (AvgIpc) is 2.47. The van der Waals surface area contributed by atoms with Gasteiger partial charge in [-0.1, -0.05) is 13.3 Å². The lowest BCUT2D eigenvalue weighted by Crippen LogP contribution is -2.51. The van der Waals surface area contributed by atoms with E-state index in [0.29, 0.717) is 19.6 Å². The van der Waals surface area contributed by atoms with Crippen LogP contribution >= 0.6 is 0 Å². The van der Waals surface area contributed by atoms with Gasteiger partial charge in [-0.25, -0.2) is 0 Å². The number of nitrogens with zero attached hydrogens (tertiary/aromatic N) is 2. The second-order valence-corrected chi connectivity index (χ2v) is 8.03. The van der Waals surface area contributed by atoms with Gasteiger partial charge >= 0.3 is 0 Å². The summed E-state index contributed by atoms with van der Waals surface area (Å²) in [6.45, 7) is 4.07. The molecule has 0 amide bonds. The Morgan fingerprint density at radius 3 is 2.25 bits per heavy atom. The maximum atomic E-state index is 12.9. The maximum Gasteiger partial charge on any atom is 0.282 e. The summed E-state index contributed by atoms with van der Waals surface area (Å²) < 4.78 is 29.2. The molecule has 6 heteroatoms. The van der Waals surface area contributed by atoms with Crippen molar-refractivity contribution >= 4 is 10.2 Å². The Morgan fingerprint density at radius 1 is 1.10 bits per heavy atom. The first-order valence-electron chi connectivity index (χ1n) is 8.08. The van der Waals surface area contributed by atoms with Crippen LogP contribution in [0.1, 0.15) is 58.3 Å². The zero-order valence-electron chi connectivity index (χ0n) is 12.6. The first kappa shape index (κ1) is 16.2. The molecule has 1 saturated carbocycles. The van der Waals surface area contributed by atoms with Gasteiger partial charge in [0.2, 0.25) is 0 Å². The van der Waals surface area contributed by atoms with Crippen molar-refractivity contribution in [1.82, 2.24) is 8.61 Å². The Bertz CT molecular complexity index is 385. The van der Waals surface area contributed by atoms with Crippen LogP contribution in [0.5, 0.6) is 0 Å². The summed E-state index contributed by atoms with van der Waals surface area (Å²) in [5.41, 5.74) is 5.94. The fourth-order valence-corrected chi connectivity index (χ4v) is 5.36. The smallest absolute Gasteiger partial charge is 0.282 e. The van der Waals surface area contributed by atoms with E-state index in [-0.39, 0.29) is 12.1 Å². The molecular formula is C14H29N3O2S. The molecule has 1 saturated heterocycles. The van der Waals surface area contributed by atoms with Gasteiger partial charge in [0, 0.05) is 31.7 Å². The second kappa shape index (κ2) is 7.20. The summed E-state index contributed by atoms with van der Waals surface area (Å²) in [5, 5.41) is 0. The first-order valence-corrected chi connectivity index (χ1v) is 9.48. The summed E-state index contributed by atoms with van der Waals surface area (Å²) in [7, 11) is -3.28. The largest absolute Gasteiger partial charge is 0.328 e. The summed E-state index contributed by atoms with van der Waals surface area (Å²) in [5.74, 6) is 0. The average molecular weight is 303 g/mol. The highest BCUT2D eigenvalue weighted by Crippen LogP contribution is 2.27. The van der Waals surface area contributed by atoms with Gasteiger partial charge in [-0.05, 0) is 44.9 Å². The van der Waals surface area contributed by atoms with E-state index in [4.69, 9.17) is 5.73 Å². The lowest BCUT2D eigenvalue weighted by molar-refractivity contribution is 0.217. The fraction of sp³-hybridized carbons (Fsp3) is 1.00. The van der Waals surface area contributed by atoms with Crippen molar-refractivity contribution in [2.45, 2.75) is 70.4 Å². The number of hydrogen-bond donors (Lipinski definition) is 1. The van der Waals surface area contributed by atoms with Crippen LogP contribution in [0.2, 0.25) is 0 Å². The van der Waals surface area contributed by atoms with Crippen molar-refractivity contribution in [1.29, 1.82) is 0 Å². The SMILES string of the molecule is CCCN(C1CCC(N)CC1)S(=O)(=O)N1CCCCC1. The van der Waals surface area contributed by atoms with E-state index in [0.717, 1.165) is 51.4 Å². The molecule has 2 fully saturated rings. The molecule has 0 atom stereocenters. The zero-order chi connectivity index (χ0) is 14.6. The molecule has 0 aromatic carbocycles. The molecule has 0 unspecified atom stereocenters. The normalized spacial score (nSPS) is 29.8. The minimum Gasteiger partial charge on any atom is -0.328 e. The molecule has 1 aliphatic heterocycles. The topological polar surface area (TPSA) is 66.6 Å². The lowest BCUT2D eigenvalue weighted by Gasteiger charge is -2.39. The lowest BCUT2D eigenvalue weighted by atomic mass is 9.92. The molecule has 0 aromatic heterocycles. The molecule has 2 aliphatic rings. The van der Waals surface area contributed by atoms with Gasteiger partial charge in [0.15, 0.2) is 0 Å². The molecule has 20 heavy (non-hydrogen) atoms. The molecule has 2 rings (SSSR count). The third-order valence-electron chi connectivity index (χ3n) is 4.53. The molecule has 5 nitrogen and oxygen atoms in total. The van der Waals surface area contributed by atoms with E-state index in [1.807, 2.05) is 6.92 Å². The summed E-state index contributed by atoms with van der Waals surface area (Å²) in [6.07, 6.45) is 7.72. The van der Waals surface area contributed by atoms with Crippen molar-refractivity contribution in [3.8, 4) is 0 Å². The van der Waals surface area contributed by atoms with Gasteiger partial charge < -0.3 is 5.73 Å². The van der Waals surface area contributed by atoms with Crippen LogP contribution in [-0.4, -0.2) is 48.7 Å². The molecular weight excluding hydrogens is 274 g/mol. The standard InChI is InChI=1S/C14H29N3O2S/c1-2-10-17(14-8-6-13(15)7-9-14)20(18,19)16-11-4-3-5-12-16/h13-14H,2-12,15H2,1H3. The minimum absolute atomic E-state index is 0.154. The third-order valence-corrected chi connectivity index (χ3v) is 6.62. The second-order valence-electron chi connectivity index (χ2n) is 6.15. The third kappa shape index (κ3) is 3.72. The van der Waals surface area contributed by atoms with Gasteiger partial charge in [0.1, 0.15) is 0 Å². The molecule has 1 heterocycles. The van der Waals surface area contributed by atoms with Gasteiger partial charge in [0.25, 0.3) is 10.2 Å². The van der Waals surface area contributed by atoms with E-state index in [9.17, 15) is 8.42 Å². The zero-order valence-corrected chi connectivity index (χ0v) is 13.4. The Balaban J connectivity index is 2.09. The summed E-state index contributed by atoms with van der Waals surface area (Å²) in [6, 6.07) is 0.411. The van der Waals surface area contributed by atoms with Crippen molar-refractivity contribution in [2.75, 3.05) is 19.6 Å². The highest BCUT2D eigenvalue weighted by atomic mass is 32.2. The first-order chi connectivity index (χ1) is 9.55. The van der Waals surface area contributed by atoms with E-state index in [1.165, 1.54) is 0 Å². The number of piperidine rings is 1. The van der Waals surface area contributed by atoms with Crippen LogP contribution in [0.3, 0.4) is 0 Å². The van der Waals surface area contributed by atoms with Crippen LogP contribution in [0.4, 0.5) is 0 Å². The van der Waals surface area contributed by atoms with Crippen LogP contribution < -0.4 is 5.73 Å². The van der Waals surface area contributed by atoms with Crippen molar-refractivity contribution in [3.63, 3.8) is 0 Å². The van der Waals surface area contributed by atoms with E-state index < -0.39 is 10.2 Å². The maximum absolute atomic E-state index is 12.9. The predicted molar refractivity (Wildman–Crippen MR) is 81.6 cm³/mol. The Hall–Kier alpha value is -0.170. The summed E-state index contributed by atoms with van der Waals surface area (Å²) in [4.78, 5) is 0. The molecule has 0 spiro atoms. The van der Waals surface area contributed by atoms with Crippen LogP contribution in [-0.2, 0) is 10.2 Å². The van der Waals surface area contributed by atoms with Crippen LogP contribution in [0, 0.1) is 0 Å². The highest BCUT2D eigenvalue weighted by Gasteiger charge is 2.36. The van der Waals surface area contributed by atoms with Crippen molar-refractivity contribution in [3.05, 3.63) is 0 Å². The summed E-state index contributed by atoms with van der Waals surface area (Å²) >= 11 is 0. The number of hydrogen-bond acceptors (Lipinski definition) is 3. The van der Waals surface area contributed by atoms with Gasteiger partial charge in [-0.2, -0.15) is 17.0 Å². The van der Waals surface area contributed by atoms with Crippen LogP contribution in [0.25, 0.3) is 0 Å². The number of rotatable bonds is 5. The number of nitrogens with two attached hydrogens (primary N) is 1. The quantitative estimate of drug-likeness (QED) is 0.840. The van der Waals surface area contributed by atoms with Crippen molar-refractivity contribution < 1.29 is 8.42 Å². The van der Waals surface area contributed by atoms with Gasteiger partial charge in [0.05, 0.1) is 0 Å². The van der Waals surface area contributed by atoms with Crippen LogP contribution in [0.15, 0.2) is 0 Å². The van der Waals surface area contributed by atoms with E-state index in [1.54, 1.807) is 8.61 Å². The predicted octanol–water partition coefficient (Wildman–Crippen LogP) is 1.70. The molecule has 0 bridgehead atoms. The van der Waals surface area contributed by atoms with E-state index >= 15 is 0 Å². The Labute approximate surface area is 123 Å². The van der Waals surface area contributed by atoms with Gasteiger partial charge in [-0.15, -0.1) is 0 Å². The van der Waals surface area contributed by atoms with E-state index in [2.05, 4.69) is 0 Å². The highest BCUT2D eigenvalue weighted by molar-refractivity contribution is 7.86. The molecule has 2 N–H and O–H groups in total. The fourth-order valence-electron chi connectivity index (χ4n) is 3.34. The molecule has 0 radical (unpaired) electrons. The monoisotopic (exact) mass is 303 g/mol. The minimum atomic E-state index is -3.28. The molecule has 0 aromatic rings. The molecule has 1 aliphatic carbocycles. The Kier molecular flexibility index (Phi) is 5.84. The van der Waals surface area contributed by atoms with Gasteiger partial charge in [-0.3, -0.25) is 0 Å².